The highest BCUT2D eigenvalue weighted by Crippen LogP contribution is 2.37. The molecule has 2 aromatic carbocycles. The third-order valence-electron chi connectivity index (χ3n) is 3.72. The van der Waals surface area contributed by atoms with Crippen molar-refractivity contribution in [2.45, 2.75) is 12.8 Å². The van der Waals surface area contributed by atoms with Gasteiger partial charge in [-0.15, -0.1) is 0 Å². The zero-order valence-corrected chi connectivity index (χ0v) is 15.3. The maximum absolute atomic E-state index is 10.4. The molecule has 0 radical (unpaired) electrons. The van der Waals surface area contributed by atoms with Crippen LogP contribution in [0.5, 0.6) is 23.0 Å². The number of hydrogen-bond donors (Lipinski definition) is 2. The summed E-state index contributed by atoms with van der Waals surface area (Å²) >= 11 is 3.40. The number of ether oxygens (including phenoxy) is 4. The van der Waals surface area contributed by atoms with E-state index in [-0.39, 0.29) is 26.6 Å². The number of hydrogen-bond acceptors (Lipinski definition) is 6. The number of halogens is 1. The highest BCUT2D eigenvalue weighted by atomic mass is 79.9. The molecule has 2 aromatic rings. The van der Waals surface area contributed by atoms with Crippen LogP contribution < -0.4 is 18.9 Å². The molecule has 0 spiro atoms. The van der Waals surface area contributed by atoms with Gasteiger partial charge < -0.3 is 29.2 Å². The molecule has 138 valence electrons. The first-order valence-corrected chi connectivity index (χ1v) is 8.65. The second-order valence-corrected chi connectivity index (χ2v) is 6.38. The Balaban J connectivity index is 0.000000151. The van der Waals surface area contributed by atoms with Gasteiger partial charge in [-0.05, 0) is 41.8 Å². The van der Waals surface area contributed by atoms with Crippen molar-refractivity contribution in [1.29, 1.82) is 0 Å². The van der Waals surface area contributed by atoms with Crippen LogP contribution in [0.25, 0.3) is 0 Å². The number of benzene rings is 2. The maximum atomic E-state index is 10.4. The summed E-state index contributed by atoms with van der Waals surface area (Å²) in [6.07, 6.45) is 0.633. The smallest absolute Gasteiger partial charge is 0.307 e. The van der Waals surface area contributed by atoms with E-state index < -0.39 is 5.97 Å². The largest absolute Gasteiger partial charge is 0.481 e. The van der Waals surface area contributed by atoms with Crippen molar-refractivity contribution in [3.63, 3.8) is 0 Å². The van der Waals surface area contributed by atoms with E-state index in [9.17, 15) is 4.79 Å². The van der Waals surface area contributed by atoms with E-state index in [1.165, 1.54) is 0 Å². The molecule has 0 fully saturated rings. The molecule has 0 atom stereocenters. The fourth-order valence-electron chi connectivity index (χ4n) is 2.50. The lowest BCUT2D eigenvalue weighted by Gasteiger charge is -2.03. The van der Waals surface area contributed by atoms with Gasteiger partial charge in [-0.25, -0.2) is 0 Å². The average molecular weight is 425 g/mol. The molecule has 2 heterocycles. The zero-order chi connectivity index (χ0) is 18.5. The first kappa shape index (κ1) is 18.3. The van der Waals surface area contributed by atoms with Crippen LogP contribution >= 0.6 is 15.9 Å². The average Bonchev–Trinajstić information content (AvgIpc) is 3.23. The van der Waals surface area contributed by atoms with Crippen LogP contribution in [0.1, 0.15) is 11.1 Å². The van der Waals surface area contributed by atoms with Gasteiger partial charge in [0, 0.05) is 11.1 Å². The summed E-state index contributed by atoms with van der Waals surface area (Å²) in [7, 11) is 0. The molecule has 0 aliphatic carbocycles. The molecule has 0 saturated heterocycles. The molecule has 2 N–H and O–H groups in total. The van der Waals surface area contributed by atoms with E-state index in [1.54, 1.807) is 18.2 Å². The topological polar surface area (TPSA) is 94.5 Å². The SMILES string of the molecule is O=C(O)Cc1ccc2c(c1)OCO2.OCCc1cc2c(cc1Br)OCO2. The Labute approximate surface area is 158 Å². The molecule has 2 aliphatic heterocycles. The molecule has 0 unspecified atom stereocenters. The van der Waals surface area contributed by atoms with E-state index in [2.05, 4.69) is 15.9 Å². The lowest BCUT2D eigenvalue weighted by atomic mass is 10.1. The lowest BCUT2D eigenvalue weighted by molar-refractivity contribution is -0.136. The van der Waals surface area contributed by atoms with Gasteiger partial charge in [0.15, 0.2) is 23.0 Å². The van der Waals surface area contributed by atoms with Gasteiger partial charge in [-0.1, -0.05) is 22.0 Å². The van der Waals surface area contributed by atoms with Crippen LogP contribution in [0.15, 0.2) is 34.8 Å². The summed E-state index contributed by atoms with van der Waals surface area (Å²) in [5.74, 6) is 1.96. The third-order valence-corrected chi connectivity index (χ3v) is 4.45. The standard InChI is InChI=1S/C9H9BrO3.C9H8O4/c10-7-4-9-8(12-5-13-9)3-6(7)1-2-11;10-9(11)4-6-1-2-7-8(3-6)13-5-12-7/h3-4,11H,1-2,5H2;1-3H,4-5H2,(H,10,11). The Morgan fingerprint density at radius 3 is 2.23 bits per heavy atom. The minimum atomic E-state index is -0.848. The Bertz CT molecular complexity index is 806. The second kappa shape index (κ2) is 8.29. The molecular formula is C18H17BrO7. The van der Waals surface area contributed by atoms with Gasteiger partial charge in [0.2, 0.25) is 13.6 Å². The van der Waals surface area contributed by atoms with E-state index in [0.29, 0.717) is 17.9 Å². The Morgan fingerprint density at radius 1 is 0.962 bits per heavy atom. The fraction of sp³-hybridized carbons (Fsp3) is 0.278. The number of carbonyl (C=O) groups is 1. The van der Waals surface area contributed by atoms with Crippen molar-refractivity contribution >= 4 is 21.9 Å². The molecule has 4 rings (SSSR count). The molecule has 0 bridgehead atoms. The number of carboxylic acids is 1. The van der Waals surface area contributed by atoms with Gasteiger partial charge in [0.1, 0.15) is 0 Å². The second-order valence-electron chi connectivity index (χ2n) is 5.53. The van der Waals surface area contributed by atoms with Gasteiger partial charge in [0.05, 0.1) is 6.42 Å². The monoisotopic (exact) mass is 424 g/mol. The van der Waals surface area contributed by atoms with Gasteiger partial charge >= 0.3 is 5.97 Å². The van der Waals surface area contributed by atoms with E-state index in [0.717, 1.165) is 27.1 Å². The number of carboxylic acid groups (broad SMARTS) is 1. The van der Waals surface area contributed by atoms with E-state index in [4.69, 9.17) is 29.2 Å². The first-order valence-electron chi connectivity index (χ1n) is 7.86. The maximum Gasteiger partial charge on any atom is 0.307 e. The van der Waals surface area contributed by atoms with Gasteiger partial charge in [-0.2, -0.15) is 0 Å². The molecule has 8 heteroatoms. The molecule has 0 amide bonds. The third kappa shape index (κ3) is 4.39. The van der Waals surface area contributed by atoms with Crippen molar-refractivity contribution in [3.05, 3.63) is 45.9 Å². The molecule has 7 nitrogen and oxygen atoms in total. The Kier molecular flexibility index (Phi) is 5.85. The van der Waals surface area contributed by atoms with Crippen molar-refractivity contribution in [2.24, 2.45) is 0 Å². The van der Waals surface area contributed by atoms with Gasteiger partial charge in [-0.3, -0.25) is 4.79 Å². The predicted octanol–water partition coefficient (Wildman–Crippen LogP) is 2.76. The van der Waals surface area contributed by atoms with E-state index in [1.807, 2.05) is 12.1 Å². The number of fused-ring (bicyclic) bond motifs is 2. The highest BCUT2D eigenvalue weighted by Gasteiger charge is 2.16. The summed E-state index contributed by atoms with van der Waals surface area (Å²) < 4.78 is 21.6. The van der Waals surface area contributed by atoms with E-state index >= 15 is 0 Å². The van der Waals surface area contributed by atoms with Crippen molar-refractivity contribution in [3.8, 4) is 23.0 Å². The Hall–Kier alpha value is -2.45. The zero-order valence-electron chi connectivity index (χ0n) is 13.7. The molecule has 2 aliphatic rings. The number of aliphatic carboxylic acids is 1. The fourth-order valence-corrected chi connectivity index (χ4v) is 3.02. The number of aliphatic hydroxyl groups is 1. The summed E-state index contributed by atoms with van der Waals surface area (Å²) in [6.45, 7) is 0.633. The van der Waals surface area contributed by atoms with Crippen molar-refractivity contribution in [1.82, 2.24) is 0 Å². The van der Waals surface area contributed by atoms with Crippen LogP contribution in [-0.2, 0) is 17.6 Å². The predicted molar refractivity (Wildman–Crippen MR) is 95.0 cm³/mol. The number of rotatable bonds is 4. The Morgan fingerprint density at radius 2 is 1.58 bits per heavy atom. The number of aliphatic hydroxyl groups excluding tert-OH is 1. The normalized spacial score (nSPS) is 13.2. The minimum Gasteiger partial charge on any atom is -0.481 e. The van der Waals surface area contributed by atoms with Crippen LogP contribution in [-0.4, -0.2) is 36.4 Å². The molecule has 0 saturated carbocycles. The quantitative estimate of drug-likeness (QED) is 0.778. The molecular weight excluding hydrogens is 408 g/mol. The van der Waals surface area contributed by atoms with Crippen molar-refractivity contribution in [2.75, 3.05) is 20.2 Å². The first-order chi connectivity index (χ1) is 12.6. The van der Waals surface area contributed by atoms with Crippen LogP contribution in [0.4, 0.5) is 0 Å². The van der Waals surface area contributed by atoms with Crippen molar-refractivity contribution < 1.29 is 34.0 Å². The molecule has 0 aromatic heterocycles. The van der Waals surface area contributed by atoms with Crippen LogP contribution in [0, 0.1) is 0 Å². The summed E-state index contributed by atoms with van der Waals surface area (Å²) in [4.78, 5) is 10.4. The van der Waals surface area contributed by atoms with Crippen LogP contribution in [0.2, 0.25) is 0 Å². The summed E-state index contributed by atoms with van der Waals surface area (Å²) in [5.41, 5.74) is 1.75. The highest BCUT2D eigenvalue weighted by molar-refractivity contribution is 9.10. The lowest BCUT2D eigenvalue weighted by Crippen LogP contribution is -1.99. The molecule has 26 heavy (non-hydrogen) atoms. The van der Waals surface area contributed by atoms with Crippen LogP contribution in [0.3, 0.4) is 0 Å². The summed E-state index contributed by atoms with van der Waals surface area (Å²) in [6, 6.07) is 8.90. The summed E-state index contributed by atoms with van der Waals surface area (Å²) in [5, 5.41) is 17.3. The minimum absolute atomic E-state index is 0.0106. The van der Waals surface area contributed by atoms with Gasteiger partial charge in [0.25, 0.3) is 0 Å².